The average Bonchev–Trinajstić information content (AvgIpc) is 2.71. The summed E-state index contributed by atoms with van der Waals surface area (Å²) in [6.45, 7) is 8.13. The molecular weight excluding hydrogens is 252 g/mol. The molecule has 1 atom stereocenters. The van der Waals surface area contributed by atoms with Crippen molar-refractivity contribution in [3.63, 3.8) is 0 Å². The van der Waals surface area contributed by atoms with Crippen molar-refractivity contribution < 1.29 is 13.5 Å². The first-order valence-corrected chi connectivity index (χ1v) is 7.62. The quantitative estimate of drug-likeness (QED) is 0.822. The van der Waals surface area contributed by atoms with Crippen LogP contribution in [0.2, 0.25) is 0 Å². The van der Waals surface area contributed by atoms with Gasteiger partial charge in [-0.05, 0) is 25.8 Å². The third kappa shape index (κ3) is 3.34. The number of hydrogen-bond acceptors (Lipinski definition) is 3. The van der Waals surface area contributed by atoms with E-state index in [1.807, 2.05) is 27.7 Å². The standard InChI is InChI=1S/C12H22N2O3S/c1-5-14-7-12(6-11(14)8-15)18(16,17)13-10(4)9(2)3/h6-7,9-10,13,15H,5,8H2,1-4H3. The zero-order valence-corrected chi connectivity index (χ0v) is 12.2. The molecule has 0 aliphatic rings. The van der Waals surface area contributed by atoms with Crippen LogP contribution < -0.4 is 4.72 Å². The third-order valence-electron chi connectivity index (χ3n) is 3.11. The first kappa shape index (κ1) is 15.2. The maximum atomic E-state index is 12.1. The number of aromatic nitrogens is 1. The number of hydrogen-bond donors (Lipinski definition) is 2. The maximum absolute atomic E-state index is 12.1. The highest BCUT2D eigenvalue weighted by Crippen LogP contribution is 2.16. The Labute approximate surface area is 109 Å². The molecule has 0 fully saturated rings. The van der Waals surface area contributed by atoms with E-state index in [1.54, 1.807) is 10.8 Å². The molecule has 0 saturated heterocycles. The van der Waals surface area contributed by atoms with Crippen LogP contribution in [0.3, 0.4) is 0 Å². The Balaban J connectivity index is 3.02. The Morgan fingerprint density at radius 1 is 1.39 bits per heavy atom. The highest BCUT2D eigenvalue weighted by molar-refractivity contribution is 7.89. The van der Waals surface area contributed by atoms with Crippen LogP contribution in [0.1, 0.15) is 33.4 Å². The molecule has 0 amide bonds. The summed E-state index contributed by atoms with van der Waals surface area (Å²) in [6.07, 6.45) is 1.56. The second-order valence-electron chi connectivity index (χ2n) is 4.77. The predicted molar refractivity (Wildman–Crippen MR) is 70.7 cm³/mol. The summed E-state index contributed by atoms with van der Waals surface area (Å²) in [7, 11) is -3.51. The highest BCUT2D eigenvalue weighted by atomic mass is 32.2. The monoisotopic (exact) mass is 274 g/mol. The molecule has 18 heavy (non-hydrogen) atoms. The van der Waals surface area contributed by atoms with Crippen molar-refractivity contribution in [2.24, 2.45) is 5.92 Å². The summed E-state index contributed by atoms with van der Waals surface area (Å²) >= 11 is 0. The Morgan fingerprint density at radius 2 is 2.00 bits per heavy atom. The lowest BCUT2D eigenvalue weighted by molar-refractivity contribution is 0.271. The summed E-state index contributed by atoms with van der Waals surface area (Å²) in [4.78, 5) is 0.209. The van der Waals surface area contributed by atoms with Crippen molar-refractivity contribution in [3.05, 3.63) is 18.0 Å². The number of nitrogens with zero attached hydrogens (tertiary/aromatic N) is 1. The van der Waals surface area contributed by atoms with E-state index in [-0.39, 0.29) is 23.5 Å². The van der Waals surface area contributed by atoms with Crippen LogP contribution in [0.4, 0.5) is 0 Å². The summed E-state index contributed by atoms with van der Waals surface area (Å²) < 4.78 is 28.6. The molecule has 5 nitrogen and oxygen atoms in total. The van der Waals surface area contributed by atoms with Gasteiger partial charge in [-0.1, -0.05) is 13.8 Å². The molecule has 6 heteroatoms. The fourth-order valence-corrected chi connectivity index (χ4v) is 3.00. The van der Waals surface area contributed by atoms with Crippen LogP contribution in [0.25, 0.3) is 0 Å². The van der Waals surface area contributed by atoms with Gasteiger partial charge in [0.2, 0.25) is 10.0 Å². The number of sulfonamides is 1. The summed E-state index contributed by atoms with van der Waals surface area (Å²) in [5.74, 6) is 0.227. The van der Waals surface area contributed by atoms with Crippen LogP contribution in [0.15, 0.2) is 17.2 Å². The van der Waals surface area contributed by atoms with Crippen molar-refractivity contribution in [2.45, 2.75) is 51.8 Å². The minimum Gasteiger partial charge on any atom is -0.390 e. The van der Waals surface area contributed by atoms with Gasteiger partial charge in [-0.15, -0.1) is 0 Å². The first-order valence-electron chi connectivity index (χ1n) is 6.14. The fraction of sp³-hybridized carbons (Fsp3) is 0.667. The van der Waals surface area contributed by atoms with Crippen LogP contribution in [-0.2, 0) is 23.2 Å². The Bertz CT molecular complexity index is 470. The topological polar surface area (TPSA) is 71.3 Å². The lowest BCUT2D eigenvalue weighted by atomic mass is 10.1. The Kier molecular flexibility index (Phi) is 4.95. The SMILES string of the molecule is CCn1cc(S(=O)(=O)NC(C)C(C)C)cc1CO. The van der Waals surface area contributed by atoms with Gasteiger partial charge in [0.1, 0.15) is 0 Å². The van der Waals surface area contributed by atoms with Gasteiger partial charge in [0.15, 0.2) is 0 Å². The van der Waals surface area contributed by atoms with Crippen LogP contribution in [0, 0.1) is 5.92 Å². The van der Waals surface area contributed by atoms with E-state index in [4.69, 9.17) is 5.11 Å². The molecular formula is C12H22N2O3S. The second kappa shape index (κ2) is 5.86. The molecule has 1 aromatic rings. The normalized spacial score (nSPS) is 14.1. The molecule has 0 aliphatic carbocycles. The highest BCUT2D eigenvalue weighted by Gasteiger charge is 2.21. The number of aryl methyl sites for hydroxylation is 1. The maximum Gasteiger partial charge on any atom is 0.242 e. The van der Waals surface area contributed by atoms with Gasteiger partial charge in [0.05, 0.1) is 11.5 Å². The van der Waals surface area contributed by atoms with E-state index >= 15 is 0 Å². The molecule has 0 saturated carbocycles. The number of nitrogens with one attached hydrogen (secondary N) is 1. The van der Waals surface area contributed by atoms with Crippen LogP contribution in [-0.4, -0.2) is 24.1 Å². The van der Waals surface area contributed by atoms with Crippen molar-refractivity contribution in [1.82, 2.24) is 9.29 Å². The second-order valence-corrected chi connectivity index (χ2v) is 6.48. The molecule has 0 radical (unpaired) electrons. The van der Waals surface area contributed by atoms with Gasteiger partial charge in [-0.3, -0.25) is 0 Å². The smallest absolute Gasteiger partial charge is 0.242 e. The van der Waals surface area contributed by atoms with Gasteiger partial charge < -0.3 is 9.67 Å². The molecule has 0 aliphatic heterocycles. The van der Waals surface area contributed by atoms with E-state index in [2.05, 4.69) is 4.72 Å². The van der Waals surface area contributed by atoms with E-state index in [1.165, 1.54) is 6.07 Å². The molecule has 1 unspecified atom stereocenters. The van der Waals surface area contributed by atoms with Crippen molar-refractivity contribution >= 4 is 10.0 Å². The number of aliphatic hydroxyl groups is 1. The summed E-state index contributed by atoms with van der Waals surface area (Å²) in [5.41, 5.74) is 0.607. The van der Waals surface area contributed by atoms with Crippen molar-refractivity contribution in [3.8, 4) is 0 Å². The molecule has 0 bridgehead atoms. The molecule has 1 rings (SSSR count). The molecule has 0 spiro atoms. The molecule has 1 heterocycles. The molecule has 0 aromatic carbocycles. The largest absolute Gasteiger partial charge is 0.390 e. The van der Waals surface area contributed by atoms with Gasteiger partial charge in [-0.25, -0.2) is 13.1 Å². The number of aliphatic hydroxyl groups excluding tert-OH is 1. The summed E-state index contributed by atoms with van der Waals surface area (Å²) in [6, 6.07) is 1.39. The molecule has 2 N–H and O–H groups in total. The van der Waals surface area contributed by atoms with Gasteiger partial charge in [-0.2, -0.15) is 0 Å². The van der Waals surface area contributed by atoms with Gasteiger partial charge in [0.25, 0.3) is 0 Å². The van der Waals surface area contributed by atoms with E-state index < -0.39 is 10.0 Å². The predicted octanol–water partition coefficient (Wildman–Crippen LogP) is 1.32. The van der Waals surface area contributed by atoms with E-state index in [0.717, 1.165) is 0 Å². The lowest BCUT2D eigenvalue weighted by Crippen LogP contribution is -2.35. The van der Waals surface area contributed by atoms with Crippen LogP contribution in [0.5, 0.6) is 0 Å². The minimum absolute atomic E-state index is 0.127. The zero-order valence-electron chi connectivity index (χ0n) is 11.3. The van der Waals surface area contributed by atoms with Gasteiger partial charge in [0, 0.05) is 24.5 Å². The fourth-order valence-electron chi connectivity index (χ4n) is 1.55. The van der Waals surface area contributed by atoms with Gasteiger partial charge >= 0.3 is 0 Å². The molecule has 104 valence electrons. The lowest BCUT2D eigenvalue weighted by Gasteiger charge is -2.16. The molecule has 1 aromatic heterocycles. The minimum atomic E-state index is -3.51. The first-order chi connectivity index (χ1) is 8.31. The Morgan fingerprint density at radius 3 is 2.39 bits per heavy atom. The Hall–Kier alpha value is -0.850. The average molecular weight is 274 g/mol. The third-order valence-corrected chi connectivity index (χ3v) is 4.64. The number of rotatable bonds is 6. The van der Waals surface area contributed by atoms with Crippen LogP contribution >= 0.6 is 0 Å². The van der Waals surface area contributed by atoms with E-state index in [9.17, 15) is 8.42 Å². The van der Waals surface area contributed by atoms with Crippen molar-refractivity contribution in [2.75, 3.05) is 0 Å². The van der Waals surface area contributed by atoms with E-state index in [0.29, 0.717) is 12.2 Å². The summed E-state index contributed by atoms with van der Waals surface area (Å²) in [5, 5.41) is 9.16. The zero-order chi connectivity index (χ0) is 13.9. The van der Waals surface area contributed by atoms with Crippen molar-refractivity contribution in [1.29, 1.82) is 0 Å².